The summed E-state index contributed by atoms with van der Waals surface area (Å²) in [4.78, 5) is 0. The van der Waals surface area contributed by atoms with Crippen molar-refractivity contribution >= 4 is 0 Å². The average Bonchev–Trinajstić information content (AvgIpc) is 2.02. The number of aliphatic hydroxyl groups excluding tert-OH is 1. The Kier molecular flexibility index (Phi) is 6.16. The van der Waals surface area contributed by atoms with Crippen LogP contribution in [-0.4, -0.2) is 30.2 Å². The Hall–Kier alpha value is -0.220. The zero-order chi connectivity index (χ0) is 10.4. The molecule has 0 aromatic heterocycles. The minimum Gasteiger partial charge on any atom is -0.395 e. The second-order valence-electron chi connectivity index (χ2n) is 3.80. The predicted octanol–water partition coefficient (Wildman–Crippen LogP) is 1.64. The fourth-order valence-electron chi connectivity index (χ4n) is 1.21. The summed E-state index contributed by atoms with van der Waals surface area (Å²) in [6.07, 6.45) is -1.66. The summed E-state index contributed by atoms with van der Waals surface area (Å²) < 4.78 is 24.2. The molecule has 2 N–H and O–H groups in total. The van der Waals surface area contributed by atoms with Crippen molar-refractivity contribution in [1.29, 1.82) is 0 Å². The summed E-state index contributed by atoms with van der Waals surface area (Å²) in [6, 6.07) is -1.07. The molecule has 0 aliphatic carbocycles. The molecule has 2 unspecified atom stereocenters. The Balaban J connectivity index is 3.83. The smallest absolute Gasteiger partial charge is 0.253 e. The van der Waals surface area contributed by atoms with E-state index in [1.165, 1.54) is 6.92 Å². The maximum atomic E-state index is 12.1. The number of aliphatic hydroxyl groups is 1. The van der Waals surface area contributed by atoms with Gasteiger partial charge in [0.05, 0.1) is 12.6 Å². The molecule has 0 saturated carbocycles. The van der Waals surface area contributed by atoms with Crippen molar-refractivity contribution in [3.8, 4) is 0 Å². The van der Waals surface area contributed by atoms with Crippen molar-refractivity contribution in [2.45, 2.75) is 45.7 Å². The molecule has 0 amide bonds. The Morgan fingerprint density at radius 1 is 1.23 bits per heavy atom. The highest BCUT2D eigenvalue weighted by Gasteiger charge is 2.18. The van der Waals surface area contributed by atoms with Crippen LogP contribution < -0.4 is 5.32 Å². The fourth-order valence-corrected chi connectivity index (χ4v) is 1.21. The van der Waals surface area contributed by atoms with Crippen molar-refractivity contribution in [3.05, 3.63) is 0 Å². The molecule has 0 heterocycles. The van der Waals surface area contributed by atoms with Crippen LogP contribution in [0.15, 0.2) is 0 Å². The van der Waals surface area contributed by atoms with E-state index in [9.17, 15) is 8.78 Å². The largest absolute Gasteiger partial charge is 0.395 e. The molecular formula is C9H19F2NO. The molecule has 4 heteroatoms. The highest BCUT2D eigenvalue weighted by atomic mass is 19.3. The lowest BCUT2D eigenvalue weighted by Gasteiger charge is -2.22. The molecular weight excluding hydrogens is 176 g/mol. The van der Waals surface area contributed by atoms with Crippen LogP contribution in [0.1, 0.15) is 27.2 Å². The average molecular weight is 195 g/mol. The van der Waals surface area contributed by atoms with Crippen molar-refractivity contribution in [3.63, 3.8) is 0 Å². The van der Waals surface area contributed by atoms with E-state index < -0.39 is 12.5 Å². The van der Waals surface area contributed by atoms with Crippen molar-refractivity contribution in [1.82, 2.24) is 5.32 Å². The molecule has 0 radical (unpaired) electrons. The number of hydrogen-bond donors (Lipinski definition) is 2. The minimum absolute atomic E-state index is 0.0881. The zero-order valence-electron chi connectivity index (χ0n) is 8.43. The molecule has 0 bridgehead atoms. The normalized spacial score (nSPS) is 16.6. The number of rotatable bonds is 6. The number of hydrogen-bond acceptors (Lipinski definition) is 2. The number of alkyl halides is 2. The van der Waals surface area contributed by atoms with Gasteiger partial charge in [-0.15, -0.1) is 0 Å². The van der Waals surface area contributed by atoms with Gasteiger partial charge in [-0.3, -0.25) is 0 Å². The third-order valence-electron chi connectivity index (χ3n) is 1.85. The lowest BCUT2D eigenvalue weighted by molar-refractivity contribution is 0.0897. The van der Waals surface area contributed by atoms with Crippen LogP contribution in [0.5, 0.6) is 0 Å². The van der Waals surface area contributed by atoms with Crippen LogP contribution in [0.3, 0.4) is 0 Å². The zero-order valence-corrected chi connectivity index (χ0v) is 8.43. The summed E-state index contributed by atoms with van der Waals surface area (Å²) in [5.74, 6) is 0.398. The SMILES string of the molecule is CC(C)CC(CO)NC(C)C(F)F. The molecule has 80 valence electrons. The van der Waals surface area contributed by atoms with Gasteiger partial charge in [0.25, 0.3) is 6.43 Å². The van der Waals surface area contributed by atoms with Crippen LogP contribution in [0.4, 0.5) is 8.78 Å². The second kappa shape index (κ2) is 6.27. The van der Waals surface area contributed by atoms with Gasteiger partial charge >= 0.3 is 0 Å². The number of halogens is 2. The third-order valence-corrected chi connectivity index (χ3v) is 1.85. The first kappa shape index (κ1) is 12.8. The van der Waals surface area contributed by atoms with Gasteiger partial charge < -0.3 is 10.4 Å². The van der Waals surface area contributed by atoms with Gasteiger partial charge in [-0.05, 0) is 19.3 Å². The summed E-state index contributed by atoms with van der Waals surface area (Å²) in [5.41, 5.74) is 0. The van der Waals surface area contributed by atoms with Gasteiger partial charge in [-0.2, -0.15) is 0 Å². The molecule has 0 fully saturated rings. The summed E-state index contributed by atoms with van der Waals surface area (Å²) >= 11 is 0. The highest BCUT2D eigenvalue weighted by molar-refractivity contribution is 4.73. The maximum Gasteiger partial charge on any atom is 0.253 e. The standard InChI is InChI=1S/C9H19F2NO/c1-6(2)4-8(5-13)12-7(3)9(10)11/h6-9,12-13H,4-5H2,1-3H3. The van der Waals surface area contributed by atoms with E-state index in [1.807, 2.05) is 13.8 Å². The third kappa shape index (κ3) is 5.93. The molecule has 2 atom stereocenters. The first-order chi connectivity index (χ1) is 5.97. The molecule has 13 heavy (non-hydrogen) atoms. The topological polar surface area (TPSA) is 32.3 Å². The van der Waals surface area contributed by atoms with Crippen LogP contribution in [0, 0.1) is 5.92 Å². The Morgan fingerprint density at radius 2 is 1.77 bits per heavy atom. The molecule has 0 spiro atoms. The Bertz CT molecular complexity index is 131. The molecule has 0 saturated heterocycles. The van der Waals surface area contributed by atoms with Crippen LogP contribution in [0.25, 0.3) is 0 Å². The van der Waals surface area contributed by atoms with Gasteiger partial charge in [0.15, 0.2) is 0 Å². The maximum absolute atomic E-state index is 12.1. The summed E-state index contributed by atoms with van der Waals surface area (Å²) in [6.45, 7) is 5.33. The van der Waals surface area contributed by atoms with Crippen molar-refractivity contribution in [2.24, 2.45) is 5.92 Å². The minimum atomic E-state index is -2.37. The van der Waals surface area contributed by atoms with E-state index in [-0.39, 0.29) is 12.6 Å². The fraction of sp³-hybridized carbons (Fsp3) is 1.00. The molecule has 0 aromatic rings. The van der Waals surface area contributed by atoms with E-state index >= 15 is 0 Å². The van der Waals surface area contributed by atoms with E-state index in [4.69, 9.17) is 5.11 Å². The van der Waals surface area contributed by atoms with Crippen LogP contribution in [-0.2, 0) is 0 Å². The second-order valence-corrected chi connectivity index (χ2v) is 3.80. The lowest BCUT2D eigenvalue weighted by atomic mass is 10.0. The molecule has 2 nitrogen and oxygen atoms in total. The Morgan fingerprint density at radius 3 is 2.08 bits per heavy atom. The van der Waals surface area contributed by atoms with Crippen LogP contribution in [0.2, 0.25) is 0 Å². The monoisotopic (exact) mass is 195 g/mol. The van der Waals surface area contributed by atoms with Gasteiger partial charge in [0, 0.05) is 6.04 Å². The summed E-state index contributed by atoms with van der Waals surface area (Å²) in [7, 11) is 0. The summed E-state index contributed by atoms with van der Waals surface area (Å²) in [5, 5.41) is 11.6. The van der Waals surface area contributed by atoms with Gasteiger partial charge in [0.1, 0.15) is 0 Å². The van der Waals surface area contributed by atoms with Gasteiger partial charge in [-0.25, -0.2) is 8.78 Å². The number of nitrogens with one attached hydrogen (secondary N) is 1. The van der Waals surface area contributed by atoms with E-state index in [0.717, 1.165) is 0 Å². The Labute approximate surface area is 78.3 Å². The first-order valence-corrected chi connectivity index (χ1v) is 4.62. The lowest BCUT2D eigenvalue weighted by Crippen LogP contribution is -2.43. The predicted molar refractivity (Wildman–Crippen MR) is 48.9 cm³/mol. The van der Waals surface area contributed by atoms with E-state index in [2.05, 4.69) is 5.32 Å². The first-order valence-electron chi connectivity index (χ1n) is 4.62. The van der Waals surface area contributed by atoms with Crippen molar-refractivity contribution < 1.29 is 13.9 Å². The van der Waals surface area contributed by atoms with Crippen LogP contribution >= 0.6 is 0 Å². The van der Waals surface area contributed by atoms with Crippen molar-refractivity contribution in [2.75, 3.05) is 6.61 Å². The molecule has 0 rings (SSSR count). The van der Waals surface area contributed by atoms with E-state index in [0.29, 0.717) is 12.3 Å². The van der Waals surface area contributed by atoms with Gasteiger partial charge in [0.2, 0.25) is 0 Å². The molecule has 0 aliphatic heterocycles. The quantitative estimate of drug-likeness (QED) is 0.675. The molecule has 0 aliphatic rings. The molecule has 0 aromatic carbocycles. The highest BCUT2D eigenvalue weighted by Crippen LogP contribution is 2.07. The van der Waals surface area contributed by atoms with E-state index in [1.54, 1.807) is 0 Å². The van der Waals surface area contributed by atoms with Gasteiger partial charge in [-0.1, -0.05) is 13.8 Å².